The molecule has 0 fully saturated rings. The summed E-state index contributed by atoms with van der Waals surface area (Å²) < 4.78 is 1.20. The van der Waals surface area contributed by atoms with Crippen LogP contribution >= 0.6 is 0 Å². The van der Waals surface area contributed by atoms with E-state index in [1.54, 1.807) is 12.3 Å². The number of rotatable bonds is 1. The molecule has 1 aromatic rings. The van der Waals surface area contributed by atoms with E-state index in [2.05, 4.69) is 16.6 Å². The molecule has 0 aliphatic heterocycles. The van der Waals surface area contributed by atoms with Crippen LogP contribution in [0.4, 0.5) is 4.79 Å². The van der Waals surface area contributed by atoms with E-state index in [0.717, 1.165) is 0 Å². The van der Waals surface area contributed by atoms with Crippen LogP contribution < -0.4 is 5.32 Å². The second-order valence-corrected chi connectivity index (χ2v) is 1.72. The van der Waals surface area contributed by atoms with Crippen LogP contribution in [-0.4, -0.2) is 22.4 Å². The number of carbonyl (C=O) groups excluding carboxylic acids is 1. The van der Waals surface area contributed by atoms with E-state index in [9.17, 15) is 4.79 Å². The zero-order chi connectivity index (χ0) is 7.40. The van der Waals surface area contributed by atoms with Gasteiger partial charge in [-0.2, -0.15) is 9.78 Å². The van der Waals surface area contributed by atoms with Gasteiger partial charge in [0, 0.05) is 12.7 Å². The number of aromatic nitrogens is 2. The fourth-order valence-electron chi connectivity index (χ4n) is 0.578. The minimum Gasteiger partial charge on any atom is -0.336 e. The van der Waals surface area contributed by atoms with Gasteiger partial charge in [-0.05, 0) is 13.0 Å². The molecule has 53 valence electrons. The Morgan fingerprint density at radius 1 is 1.90 bits per heavy atom. The Balaban J connectivity index is 2.59. The highest BCUT2D eigenvalue weighted by Crippen LogP contribution is 1.80. The Morgan fingerprint density at radius 3 is 3.20 bits per heavy atom. The van der Waals surface area contributed by atoms with E-state index < -0.39 is 0 Å². The van der Waals surface area contributed by atoms with Gasteiger partial charge in [0.1, 0.15) is 6.20 Å². The molecule has 0 aliphatic carbocycles. The molecule has 4 nitrogen and oxygen atoms in total. The monoisotopic (exact) mass is 138 g/mol. The Hall–Kier alpha value is -1.32. The molecule has 0 aliphatic rings. The van der Waals surface area contributed by atoms with Crippen LogP contribution in [0.3, 0.4) is 0 Å². The van der Waals surface area contributed by atoms with Crippen LogP contribution in [0.2, 0.25) is 0 Å². The lowest BCUT2D eigenvalue weighted by molar-refractivity contribution is 0.240. The highest BCUT2D eigenvalue weighted by molar-refractivity contribution is 5.75. The second-order valence-electron chi connectivity index (χ2n) is 1.72. The molecule has 0 saturated heterocycles. The first kappa shape index (κ1) is 6.80. The molecule has 1 amide bonds. The lowest BCUT2D eigenvalue weighted by atomic mass is 10.7. The van der Waals surface area contributed by atoms with Gasteiger partial charge in [-0.25, -0.2) is 4.79 Å². The van der Waals surface area contributed by atoms with Crippen LogP contribution in [0, 0.1) is 6.20 Å². The van der Waals surface area contributed by atoms with Crippen molar-refractivity contribution in [1.82, 2.24) is 15.1 Å². The average molecular weight is 138 g/mol. The summed E-state index contributed by atoms with van der Waals surface area (Å²) in [5.41, 5.74) is 0. The number of nitrogens with one attached hydrogen (secondary N) is 1. The van der Waals surface area contributed by atoms with Crippen molar-refractivity contribution in [1.29, 1.82) is 0 Å². The highest BCUT2D eigenvalue weighted by atomic mass is 16.2. The van der Waals surface area contributed by atoms with Crippen molar-refractivity contribution in [2.45, 2.75) is 6.92 Å². The molecule has 0 saturated carbocycles. The molecule has 0 spiro atoms. The van der Waals surface area contributed by atoms with Gasteiger partial charge < -0.3 is 5.32 Å². The fourth-order valence-corrected chi connectivity index (χ4v) is 0.578. The molecule has 1 heterocycles. The first-order valence-electron chi connectivity index (χ1n) is 3.04. The molecular weight excluding hydrogens is 130 g/mol. The molecule has 0 unspecified atom stereocenters. The van der Waals surface area contributed by atoms with E-state index in [-0.39, 0.29) is 6.03 Å². The third-order valence-electron chi connectivity index (χ3n) is 0.992. The maximum Gasteiger partial charge on any atom is 0.342 e. The van der Waals surface area contributed by atoms with Gasteiger partial charge in [-0.15, -0.1) is 0 Å². The van der Waals surface area contributed by atoms with E-state index in [1.807, 2.05) is 6.92 Å². The van der Waals surface area contributed by atoms with Crippen LogP contribution in [0.15, 0.2) is 12.3 Å². The Kier molecular flexibility index (Phi) is 2.04. The van der Waals surface area contributed by atoms with Crippen LogP contribution in [0.25, 0.3) is 0 Å². The summed E-state index contributed by atoms with van der Waals surface area (Å²) in [6.07, 6.45) is 4.07. The minimum absolute atomic E-state index is 0.219. The first-order chi connectivity index (χ1) is 4.84. The predicted molar refractivity (Wildman–Crippen MR) is 35.5 cm³/mol. The van der Waals surface area contributed by atoms with Gasteiger partial charge >= 0.3 is 6.03 Å². The van der Waals surface area contributed by atoms with E-state index in [4.69, 9.17) is 0 Å². The Morgan fingerprint density at radius 2 is 2.70 bits per heavy atom. The molecule has 1 aromatic heterocycles. The van der Waals surface area contributed by atoms with Crippen LogP contribution in [-0.2, 0) is 0 Å². The summed E-state index contributed by atoms with van der Waals surface area (Å²) in [6, 6.07) is 1.36. The first-order valence-corrected chi connectivity index (χ1v) is 3.04. The summed E-state index contributed by atoms with van der Waals surface area (Å²) in [6.45, 7) is 2.46. The molecule has 10 heavy (non-hydrogen) atoms. The van der Waals surface area contributed by atoms with Gasteiger partial charge in [0.2, 0.25) is 0 Å². The molecule has 0 bridgehead atoms. The van der Waals surface area contributed by atoms with Crippen molar-refractivity contribution in [2.24, 2.45) is 0 Å². The Bertz CT molecular complexity index is 205. The molecule has 0 atom stereocenters. The topological polar surface area (TPSA) is 46.9 Å². The normalized spacial score (nSPS) is 9.30. The lowest BCUT2D eigenvalue weighted by Gasteiger charge is -1.98. The number of nitrogens with zero attached hydrogens (tertiary/aromatic N) is 2. The van der Waals surface area contributed by atoms with Crippen molar-refractivity contribution < 1.29 is 4.79 Å². The van der Waals surface area contributed by atoms with Crippen LogP contribution in [0.1, 0.15) is 6.92 Å². The zero-order valence-corrected chi connectivity index (χ0v) is 5.66. The molecule has 0 aromatic carbocycles. The number of hydrogen-bond donors (Lipinski definition) is 1. The summed E-state index contributed by atoms with van der Waals surface area (Å²) >= 11 is 0. The maximum atomic E-state index is 10.9. The van der Waals surface area contributed by atoms with Crippen molar-refractivity contribution in [3.63, 3.8) is 0 Å². The van der Waals surface area contributed by atoms with Crippen molar-refractivity contribution in [2.75, 3.05) is 6.54 Å². The highest BCUT2D eigenvalue weighted by Gasteiger charge is 1.99. The minimum atomic E-state index is -0.219. The lowest BCUT2D eigenvalue weighted by Crippen LogP contribution is -2.28. The van der Waals surface area contributed by atoms with Crippen molar-refractivity contribution >= 4 is 6.03 Å². The molecule has 1 N–H and O–H groups in total. The van der Waals surface area contributed by atoms with Crippen LogP contribution in [0.5, 0.6) is 0 Å². The van der Waals surface area contributed by atoms with Gasteiger partial charge in [0.05, 0.1) is 0 Å². The smallest absolute Gasteiger partial charge is 0.336 e. The number of hydrogen-bond acceptors (Lipinski definition) is 2. The van der Waals surface area contributed by atoms with Gasteiger partial charge in [-0.1, -0.05) is 0 Å². The summed E-state index contributed by atoms with van der Waals surface area (Å²) in [7, 11) is 0. The summed E-state index contributed by atoms with van der Waals surface area (Å²) in [4.78, 5) is 10.9. The summed E-state index contributed by atoms with van der Waals surface area (Å²) in [5.74, 6) is 0. The van der Waals surface area contributed by atoms with E-state index >= 15 is 0 Å². The molecule has 4 heteroatoms. The third kappa shape index (κ3) is 1.34. The third-order valence-corrected chi connectivity index (χ3v) is 0.992. The predicted octanol–water partition coefficient (Wildman–Crippen LogP) is 0.261. The van der Waals surface area contributed by atoms with E-state index in [0.29, 0.717) is 6.54 Å². The van der Waals surface area contributed by atoms with Gasteiger partial charge in [0.25, 0.3) is 0 Å². The summed E-state index contributed by atoms with van der Waals surface area (Å²) in [5, 5.41) is 6.20. The van der Waals surface area contributed by atoms with Crippen molar-refractivity contribution in [3.8, 4) is 0 Å². The number of amides is 1. The molecule has 1 rings (SSSR count). The standard InChI is InChI=1S/C6H8N3O/c1-2-7-6(10)9-5-3-4-8-9/h3,5H,2H2,1H3,(H,7,10). The van der Waals surface area contributed by atoms with Crippen molar-refractivity contribution in [3.05, 3.63) is 18.5 Å². The van der Waals surface area contributed by atoms with Gasteiger partial charge in [-0.3, -0.25) is 0 Å². The average Bonchev–Trinajstić information content (AvgIpc) is 2.38. The largest absolute Gasteiger partial charge is 0.342 e. The Labute approximate surface area is 58.8 Å². The number of carbonyl (C=O) groups is 1. The SMILES string of the molecule is CCNC(=O)n1cc[c]n1. The van der Waals surface area contributed by atoms with Gasteiger partial charge in [0.15, 0.2) is 0 Å². The molecular formula is C6H8N3O. The maximum absolute atomic E-state index is 10.9. The quantitative estimate of drug-likeness (QED) is 0.605. The van der Waals surface area contributed by atoms with E-state index in [1.165, 1.54) is 4.68 Å². The molecule has 1 radical (unpaired) electrons. The second kappa shape index (κ2) is 3.00. The zero-order valence-electron chi connectivity index (χ0n) is 5.66. The fraction of sp³-hybridized carbons (Fsp3) is 0.333.